The van der Waals surface area contributed by atoms with Crippen molar-refractivity contribution in [1.29, 1.82) is 0 Å². The number of rotatable bonds is 5. The van der Waals surface area contributed by atoms with Crippen LogP contribution in [0.2, 0.25) is 0 Å². The molecule has 0 saturated carbocycles. The van der Waals surface area contributed by atoms with Gasteiger partial charge in [0.2, 0.25) is 0 Å². The lowest BCUT2D eigenvalue weighted by molar-refractivity contribution is 0.0935. The molecule has 0 heterocycles. The standard InChI is InChI=1S/C13H16Br2INO/c1-13(2,5-6-14)8-17-12(18)10-7-9(16)3-4-11(10)15/h3-4,7H,5-6,8H2,1-2H3,(H,17,18). The Bertz CT molecular complexity index is 435. The Balaban J connectivity index is 2.69. The molecule has 2 nitrogen and oxygen atoms in total. The zero-order chi connectivity index (χ0) is 13.8. The summed E-state index contributed by atoms with van der Waals surface area (Å²) in [4.78, 5) is 12.1. The molecule has 0 aliphatic carbocycles. The first-order chi connectivity index (χ1) is 8.35. The van der Waals surface area contributed by atoms with Gasteiger partial charge in [-0.05, 0) is 68.6 Å². The number of benzene rings is 1. The average molecular weight is 489 g/mol. The molecule has 1 amide bonds. The van der Waals surface area contributed by atoms with Crippen molar-refractivity contribution in [2.24, 2.45) is 5.41 Å². The van der Waals surface area contributed by atoms with Gasteiger partial charge < -0.3 is 5.32 Å². The minimum Gasteiger partial charge on any atom is -0.351 e. The van der Waals surface area contributed by atoms with E-state index in [0.29, 0.717) is 12.1 Å². The fourth-order valence-electron chi connectivity index (χ4n) is 1.43. The maximum Gasteiger partial charge on any atom is 0.252 e. The van der Waals surface area contributed by atoms with Gasteiger partial charge in [0.1, 0.15) is 0 Å². The van der Waals surface area contributed by atoms with Crippen LogP contribution in [0.25, 0.3) is 0 Å². The molecule has 1 aromatic carbocycles. The number of hydrogen-bond donors (Lipinski definition) is 1. The molecule has 1 rings (SSSR count). The summed E-state index contributed by atoms with van der Waals surface area (Å²) in [7, 11) is 0. The third-order valence-electron chi connectivity index (χ3n) is 2.67. The third kappa shape index (κ3) is 5.17. The normalized spacial score (nSPS) is 11.4. The number of halogens is 3. The van der Waals surface area contributed by atoms with E-state index in [4.69, 9.17) is 0 Å². The van der Waals surface area contributed by atoms with Crippen LogP contribution in [-0.2, 0) is 0 Å². The zero-order valence-corrected chi connectivity index (χ0v) is 15.7. The minimum absolute atomic E-state index is 0.0250. The highest BCUT2D eigenvalue weighted by Crippen LogP contribution is 2.22. The third-order valence-corrected chi connectivity index (χ3v) is 4.43. The predicted octanol–water partition coefficient (Wildman–Crippen LogP) is 4.59. The zero-order valence-electron chi connectivity index (χ0n) is 10.4. The van der Waals surface area contributed by atoms with E-state index >= 15 is 0 Å². The van der Waals surface area contributed by atoms with Crippen LogP contribution >= 0.6 is 54.5 Å². The molecule has 18 heavy (non-hydrogen) atoms. The molecule has 5 heteroatoms. The van der Waals surface area contributed by atoms with Crippen molar-refractivity contribution in [1.82, 2.24) is 5.32 Å². The van der Waals surface area contributed by atoms with E-state index in [0.717, 1.165) is 19.8 Å². The van der Waals surface area contributed by atoms with Crippen molar-refractivity contribution in [2.75, 3.05) is 11.9 Å². The van der Waals surface area contributed by atoms with Gasteiger partial charge >= 0.3 is 0 Å². The number of hydrogen-bond acceptors (Lipinski definition) is 1. The van der Waals surface area contributed by atoms with E-state index in [-0.39, 0.29) is 11.3 Å². The van der Waals surface area contributed by atoms with Gasteiger partial charge in [-0.2, -0.15) is 0 Å². The second-order valence-electron chi connectivity index (χ2n) is 4.91. The Kier molecular flexibility index (Phi) is 6.61. The van der Waals surface area contributed by atoms with Gasteiger partial charge in [0, 0.05) is 19.9 Å². The first-order valence-electron chi connectivity index (χ1n) is 5.65. The van der Waals surface area contributed by atoms with Gasteiger partial charge in [-0.1, -0.05) is 29.8 Å². The molecule has 0 aliphatic heterocycles. The lowest BCUT2D eigenvalue weighted by Gasteiger charge is -2.24. The molecule has 0 fully saturated rings. The van der Waals surface area contributed by atoms with E-state index in [2.05, 4.69) is 73.6 Å². The molecule has 0 radical (unpaired) electrons. The number of amides is 1. The Morgan fingerprint density at radius 3 is 2.72 bits per heavy atom. The fraction of sp³-hybridized carbons (Fsp3) is 0.462. The van der Waals surface area contributed by atoms with Crippen molar-refractivity contribution >= 4 is 60.4 Å². The number of alkyl halides is 1. The van der Waals surface area contributed by atoms with Gasteiger partial charge in [-0.3, -0.25) is 4.79 Å². The van der Waals surface area contributed by atoms with Crippen LogP contribution in [0.3, 0.4) is 0 Å². The van der Waals surface area contributed by atoms with Crippen LogP contribution in [0.5, 0.6) is 0 Å². The van der Waals surface area contributed by atoms with Crippen LogP contribution in [0.4, 0.5) is 0 Å². The predicted molar refractivity (Wildman–Crippen MR) is 91.4 cm³/mol. The van der Waals surface area contributed by atoms with Crippen molar-refractivity contribution in [2.45, 2.75) is 20.3 Å². The summed E-state index contributed by atoms with van der Waals surface area (Å²) in [6, 6.07) is 5.76. The van der Waals surface area contributed by atoms with E-state index in [1.807, 2.05) is 18.2 Å². The summed E-state index contributed by atoms with van der Waals surface area (Å²) in [5, 5.41) is 3.95. The van der Waals surface area contributed by atoms with Crippen LogP contribution in [0.15, 0.2) is 22.7 Å². The van der Waals surface area contributed by atoms with Crippen LogP contribution in [0.1, 0.15) is 30.6 Å². The lowest BCUT2D eigenvalue weighted by Crippen LogP contribution is -2.34. The molecule has 0 saturated heterocycles. The van der Waals surface area contributed by atoms with Crippen LogP contribution in [0, 0.1) is 8.99 Å². The van der Waals surface area contributed by atoms with E-state index < -0.39 is 0 Å². The van der Waals surface area contributed by atoms with Gasteiger partial charge in [-0.25, -0.2) is 0 Å². The Labute approximate surface area is 139 Å². The number of carbonyl (C=O) groups excluding carboxylic acids is 1. The molecule has 0 atom stereocenters. The van der Waals surface area contributed by atoms with Gasteiger partial charge in [-0.15, -0.1) is 0 Å². The highest BCUT2D eigenvalue weighted by molar-refractivity contribution is 14.1. The first-order valence-corrected chi connectivity index (χ1v) is 8.64. The molecule has 1 aromatic rings. The molecule has 100 valence electrons. The van der Waals surface area contributed by atoms with Crippen molar-refractivity contribution in [3.05, 3.63) is 31.8 Å². The maximum absolute atomic E-state index is 12.1. The lowest BCUT2D eigenvalue weighted by atomic mass is 9.90. The number of carbonyl (C=O) groups is 1. The number of nitrogens with one attached hydrogen (secondary N) is 1. The summed E-state index contributed by atoms with van der Waals surface area (Å²) in [6.07, 6.45) is 1.03. The van der Waals surface area contributed by atoms with Crippen LogP contribution in [-0.4, -0.2) is 17.8 Å². The topological polar surface area (TPSA) is 29.1 Å². The Morgan fingerprint density at radius 1 is 1.44 bits per heavy atom. The van der Waals surface area contributed by atoms with Gasteiger partial charge in [0.25, 0.3) is 5.91 Å². The minimum atomic E-state index is -0.0250. The molecule has 0 bridgehead atoms. The highest BCUT2D eigenvalue weighted by atomic mass is 127. The molecule has 1 N–H and O–H groups in total. The molecule has 0 aromatic heterocycles. The van der Waals surface area contributed by atoms with Crippen molar-refractivity contribution < 1.29 is 4.79 Å². The maximum atomic E-state index is 12.1. The van der Waals surface area contributed by atoms with E-state index in [1.165, 1.54) is 0 Å². The van der Waals surface area contributed by atoms with E-state index in [9.17, 15) is 4.79 Å². The summed E-state index contributed by atoms with van der Waals surface area (Å²) in [5.74, 6) is -0.0250. The van der Waals surface area contributed by atoms with Gasteiger partial charge in [0.15, 0.2) is 0 Å². The summed E-state index contributed by atoms with van der Waals surface area (Å²) >= 11 is 9.05. The summed E-state index contributed by atoms with van der Waals surface area (Å²) < 4.78 is 1.89. The molecular weight excluding hydrogens is 473 g/mol. The van der Waals surface area contributed by atoms with E-state index in [1.54, 1.807) is 0 Å². The Hall–Kier alpha value is 0.380. The fourth-order valence-corrected chi connectivity index (χ4v) is 3.42. The molecular formula is C13H16Br2INO. The SMILES string of the molecule is CC(C)(CCBr)CNC(=O)c1cc(I)ccc1Br. The summed E-state index contributed by atoms with van der Waals surface area (Å²) in [5.41, 5.74) is 0.796. The second-order valence-corrected chi connectivity index (χ2v) is 7.80. The molecule has 0 spiro atoms. The monoisotopic (exact) mass is 487 g/mol. The summed E-state index contributed by atoms with van der Waals surface area (Å²) in [6.45, 7) is 4.98. The van der Waals surface area contributed by atoms with Crippen molar-refractivity contribution in [3.8, 4) is 0 Å². The average Bonchev–Trinajstić information content (AvgIpc) is 2.29. The smallest absolute Gasteiger partial charge is 0.252 e. The Morgan fingerprint density at radius 2 is 2.11 bits per heavy atom. The second kappa shape index (κ2) is 7.24. The molecule has 0 aliphatic rings. The van der Waals surface area contributed by atoms with Crippen LogP contribution < -0.4 is 5.32 Å². The van der Waals surface area contributed by atoms with Crippen molar-refractivity contribution in [3.63, 3.8) is 0 Å². The largest absolute Gasteiger partial charge is 0.351 e. The highest BCUT2D eigenvalue weighted by Gasteiger charge is 2.19. The molecule has 0 unspecified atom stereocenters. The quantitative estimate of drug-likeness (QED) is 0.476. The first kappa shape index (κ1) is 16.4. The van der Waals surface area contributed by atoms with Gasteiger partial charge in [0.05, 0.1) is 5.56 Å².